The third-order valence-electron chi connectivity index (χ3n) is 4.21. The van der Waals surface area contributed by atoms with E-state index < -0.39 is 0 Å². The Morgan fingerprint density at radius 2 is 1.89 bits per heavy atom. The number of hydrogen-bond acceptors (Lipinski definition) is 1. The van der Waals surface area contributed by atoms with Gasteiger partial charge in [-0.25, -0.2) is 0 Å². The second-order valence-corrected chi connectivity index (χ2v) is 6.74. The molecule has 0 heterocycles. The van der Waals surface area contributed by atoms with Gasteiger partial charge >= 0.3 is 0 Å². The van der Waals surface area contributed by atoms with Crippen LogP contribution in [-0.4, -0.2) is 11.9 Å². The van der Waals surface area contributed by atoms with Gasteiger partial charge in [0.25, 0.3) is 0 Å². The molecule has 0 bridgehead atoms. The third kappa shape index (κ3) is 2.90. The Hall–Kier alpha value is -0.500. The first-order chi connectivity index (χ1) is 8.63. The molecule has 2 rings (SSSR count). The average molecular weight is 311 g/mol. The second kappa shape index (κ2) is 6.10. The molecule has 1 aliphatic rings. The molecule has 2 unspecified atom stereocenters. The SMILES string of the molecule is COc1c(C2CCCCC(Br)C2)ccc(C)c1C. The van der Waals surface area contributed by atoms with Crippen molar-refractivity contribution in [1.29, 1.82) is 0 Å². The molecule has 0 saturated heterocycles. The summed E-state index contributed by atoms with van der Waals surface area (Å²) in [4.78, 5) is 0.663. The van der Waals surface area contributed by atoms with Gasteiger partial charge in [0.2, 0.25) is 0 Å². The summed E-state index contributed by atoms with van der Waals surface area (Å²) in [5.41, 5.74) is 4.02. The smallest absolute Gasteiger partial charge is 0.125 e. The highest BCUT2D eigenvalue weighted by molar-refractivity contribution is 9.09. The van der Waals surface area contributed by atoms with Crippen molar-refractivity contribution in [1.82, 2.24) is 0 Å². The fourth-order valence-electron chi connectivity index (χ4n) is 2.99. The standard InChI is InChI=1S/C16H23BrO/c1-11-8-9-15(16(18-3)12(11)2)13-6-4-5-7-14(17)10-13/h8-9,13-14H,4-7,10H2,1-3H3. The Morgan fingerprint density at radius 1 is 1.17 bits per heavy atom. The van der Waals surface area contributed by atoms with E-state index in [0.29, 0.717) is 10.7 Å². The number of halogens is 1. The van der Waals surface area contributed by atoms with Gasteiger partial charge in [-0.05, 0) is 55.7 Å². The molecule has 1 saturated carbocycles. The van der Waals surface area contributed by atoms with Crippen LogP contribution in [0.25, 0.3) is 0 Å². The van der Waals surface area contributed by atoms with Crippen LogP contribution in [0.1, 0.15) is 54.7 Å². The highest BCUT2D eigenvalue weighted by Gasteiger charge is 2.23. The van der Waals surface area contributed by atoms with Gasteiger partial charge in [0.05, 0.1) is 7.11 Å². The summed E-state index contributed by atoms with van der Waals surface area (Å²) in [6.07, 6.45) is 6.52. The molecule has 1 aliphatic carbocycles. The van der Waals surface area contributed by atoms with E-state index in [1.807, 2.05) is 0 Å². The summed E-state index contributed by atoms with van der Waals surface area (Å²) < 4.78 is 5.67. The van der Waals surface area contributed by atoms with E-state index in [9.17, 15) is 0 Å². The number of benzene rings is 1. The van der Waals surface area contributed by atoms with Crippen LogP contribution in [0.5, 0.6) is 5.75 Å². The lowest BCUT2D eigenvalue weighted by Gasteiger charge is -2.21. The minimum atomic E-state index is 0.645. The zero-order chi connectivity index (χ0) is 13.1. The molecule has 0 amide bonds. The topological polar surface area (TPSA) is 9.23 Å². The van der Waals surface area contributed by atoms with Gasteiger partial charge in [-0.15, -0.1) is 0 Å². The highest BCUT2D eigenvalue weighted by atomic mass is 79.9. The van der Waals surface area contributed by atoms with E-state index in [1.165, 1.54) is 48.8 Å². The summed E-state index contributed by atoms with van der Waals surface area (Å²) in [7, 11) is 1.80. The Kier molecular flexibility index (Phi) is 4.71. The lowest BCUT2D eigenvalue weighted by Crippen LogP contribution is -2.07. The van der Waals surface area contributed by atoms with Gasteiger partial charge < -0.3 is 4.74 Å². The fraction of sp³-hybridized carbons (Fsp3) is 0.625. The molecule has 0 aliphatic heterocycles. The van der Waals surface area contributed by atoms with Crippen LogP contribution in [0, 0.1) is 13.8 Å². The number of methoxy groups -OCH3 is 1. The van der Waals surface area contributed by atoms with Crippen LogP contribution in [0.4, 0.5) is 0 Å². The van der Waals surface area contributed by atoms with E-state index in [-0.39, 0.29) is 0 Å². The van der Waals surface area contributed by atoms with Crippen LogP contribution < -0.4 is 4.74 Å². The maximum atomic E-state index is 5.67. The molecule has 100 valence electrons. The molecular weight excluding hydrogens is 288 g/mol. The van der Waals surface area contributed by atoms with Crippen molar-refractivity contribution in [3.8, 4) is 5.75 Å². The molecule has 2 atom stereocenters. The van der Waals surface area contributed by atoms with Crippen LogP contribution in [0.15, 0.2) is 12.1 Å². The summed E-state index contributed by atoms with van der Waals surface area (Å²) >= 11 is 3.81. The zero-order valence-corrected chi connectivity index (χ0v) is 13.2. The fourth-order valence-corrected chi connectivity index (χ4v) is 3.76. The van der Waals surface area contributed by atoms with Crippen molar-refractivity contribution in [3.63, 3.8) is 0 Å². The van der Waals surface area contributed by atoms with E-state index in [1.54, 1.807) is 7.11 Å². The largest absolute Gasteiger partial charge is 0.496 e. The number of ether oxygens (including phenoxy) is 1. The van der Waals surface area contributed by atoms with Gasteiger partial charge in [0, 0.05) is 4.83 Å². The van der Waals surface area contributed by atoms with Crippen LogP contribution in [0.3, 0.4) is 0 Å². The predicted octanol–water partition coefficient (Wildman–Crippen LogP) is 5.12. The first-order valence-corrected chi connectivity index (χ1v) is 7.83. The molecule has 0 radical (unpaired) electrons. The molecule has 0 spiro atoms. The van der Waals surface area contributed by atoms with E-state index in [4.69, 9.17) is 4.74 Å². The Labute approximate surface area is 119 Å². The Morgan fingerprint density at radius 3 is 2.61 bits per heavy atom. The summed E-state index contributed by atoms with van der Waals surface area (Å²) in [6.45, 7) is 4.32. The molecule has 1 aromatic carbocycles. The summed E-state index contributed by atoms with van der Waals surface area (Å²) in [6, 6.07) is 4.51. The first-order valence-electron chi connectivity index (χ1n) is 6.91. The van der Waals surface area contributed by atoms with E-state index in [2.05, 4.69) is 41.9 Å². The second-order valence-electron chi connectivity index (χ2n) is 5.44. The van der Waals surface area contributed by atoms with E-state index >= 15 is 0 Å². The molecule has 1 aromatic rings. The van der Waals surface area contributed by atoms with Gasteiger partial charge in [-0.3, -0.25) is 0 Å². The van der Waals surface area contributed by atoms with Gasteiger partial charge in [-0.2, -0.15) is 0 Å². The van der Waals surface area contributed by atoms with Crippen molar-refractivity contribution < 1.29 is 4.74 Å². The molecule has 0 N–H and O–H groups in total. The highest BCUT2D eigenvalue weighted by Crippen LogP contribution is 2.40. The van der Waals surface area contributed by atoms with Crippen LogP contribution in [-0.2, 0) is 0 Å². The Balaban J connectivity index is 2.34. The summed E-state index contributed by atoms with van der Waals surface area (Å²) in [5.74, 6) is 1.76. The van der Waals surface area contributed by atoms with Crippen molar-refractivity contribution in [2.75, 3.05) is 7.11 Å². The van der Waals surface area contributed by atoms with Gasteiger partial charge in [0.1, 0.15) is 5.75 Å². The molecule has 0 aromatic heterocycles. The van der Waals surface area contributed by atoms with Gasteiger partial charge in [0.15, 0.2) is 0 Å². The molecule has 18 heavy (non-hydrogen) atoms. The maximum absolute atomic E-state index is 5.67. The van der Waals surface area contributed by atoms with Crippen molar-refractivity contribution in [2.45, 2.75) is 56.7 Å². The van der Waals surface area contributed by atoms with Crippen LogP contribution in [0.2, 0.25) is 0 Å². The quantitative estimate of drug-likeness (QED) is 0.544. The Bertz CT molecular complexity index is 414. The number of aryl methyl sites for hydroxylation is 1. The number of hydrogen-bond donors (Lipinski definition) is 0. The maximum Gasteiger partial charge on any atom is 0.125 e. The van der Waals surface area contributed by atoms with E-state index in [0.717, 1.165) is 5.75 Å². The van der Waals surface area contributed by atoms with Crippen molar-refractivity contribution >= 4 is 15.9 Å². The summed E-state index contributed by atoms with van der Waals surface area (Å²) in [5, 5.41) is 0. The molecule has 2 heteroatoms. The lowest BCUT2D eigenvalue weighted by atomic mass is 9.88. The monoisotopic (exact) mass is 310 g/mol. The van der Waals surface area contributed by atoms with Crippen molar-refractivity contribution in [3.05, 3.63) is 28.8 Å². The first kappa shape index (κ1) is 13.9. The minimum Gasteiger partial charge on any atom is -0.496 e. The number of rotatable bonds is 2. The van der Waals surface area contributed by atoms with Crippen LogP contribution >= 0.6 is 15.9 Å². The van der Waals surface area contributed by atoms with Crippen molar-refractivity contribution in [2.24, 2.45) is 0 Å². The average Bonchev–Trinajstić information content (AvgIpc) is 2.57. The molecule has 1 nitrogen and oxygen atoms in total. The zero-order valence-electron chi connectivity index (χ0n) is 11.6. The predicted molar refractivity (Wildman–Crippen MR) is 81.0 cm³/mol. The normalized spacial score (nSPS) is 24.7. The molecule has 1 fully saturated rings. The molecular formula is C16H23BrO. The number of alkyl halides is 1. The lowest BCUT2D eigenvalue weighted by molar-refractivity contribution is 0.399. The third-order valence-corrected chi connectivity index (χ3v) is 5.04. The minimum absolute atomic E-state index is 0.645. The van der Waals surface area contributed by atoms with Gasteiger partial charge in [-0.1, -0.05) is 40.9 Å².